The molecular weight excluding hydrogens is 559 g/mol. The molecule has 0 aliphatic carbocycles. The van der Waals surface area contributed by atoms with Gasteiger partial charge in [0.1, 0.15) is 0 Å². The molecule has 0 radical (unpaired) electrons. The van der Waals surface area contributed by atoms with Crippen LogP contribution in [-0.4, -0.2) is 0 Å². The SMILES string of the molecule is c1ccc(-c2cccc(N(c3ccc4c(c3)sc3ccccc34)c3cccc4ccc5c6ccccc6sc5c34)c2)cc1. The molecule has 43 heavy (non-hydrogen) atoms. The topological polar surface area (TPSA) is 3.24 Å². The van der Waals surface area contributed by atoms with Gasteiger partial charge in [-0.2, -0.15) is 0 Å². The Balaban J connectivity index is 1.35. The van der Waals surface area contributed by atoms with Crippen molar-refractivity contribution in [1.82, 2.24) is 0 Å². The molecule has 7 aromatic carbocycles. The first-order valence-electron chi connectivity index (χ1n) is 14.5. The molecule has 202 valence electrons. The van der Waals surface area contributed by atoms with Crippen LogP contribution in [0, 0.1) is 0 Å². The molecule has 0 spiro atoms. The number of anilines is 3. The summed E-state index contributed by atoms with van der Waals surface area (Å²) in [5, 5.41) is 7.82. The van der Waals surface area contributed by atoms with E-state index in [0.717, 1.165) is 11.4 Å². The number of fused-ring (bicyclic) bond motifs is 8. The van der Waals surface area contributed by atoms with E-state index in [-0.39, 0.29) is 0 Å². The third kappa shape index (κ3) is 3.97. The van der Waals surface area contributed by atoms with Gasteiger partial charge in [-0.1, -0.05) is 109 Å². The van der Waals surface area contributed by atoms with Crippen LogP contribution >= 0.6 is 22.7 Å². The van der Waals surface area contributed by atoms with E-state index in [2.05, 4.69) is 157 Å². The summed E-state index contributed by atoms with van der Waals surface area (Å²) in [4.78, 5) is 2.46. The first kappa shape index (κ1) is 24.6. The molecular formula is C40H25NS2. The monoisotopic (exact) mass is 583 g/mol. The minimum Gasteiger partial charge on any atom is -0.310 e. The number of rotatable bonds is 4. The summed E-state index contributed by atoms with van der Waals surface area (Å²) in [5.41, 5.74) is 5.93. The summed E-state index contributed by atoms with van der Waals surface area (Å²) in [7, 11) is 0. The standard InChI is InChI=1S/C40H25NS2/c1-2-10-26(11-3-1)28-13-8-14-29(24-28)41(30-21-23-33-31-15-4-6-18-36(31)42-38(33)25-30)35-17-9-12-27-20-22-34-32-16-5-7-19-37(32)43-40(34)39(27)35/h1-25H. The molecule has 9 rings (SSSR count). The van der Waals surface area contributed by atoms with Crippen molar-refractivity contribution in [3.63, 3.8) is 0 Å². The van der Waals surface area contributed by atoms with Crippen LogP contribution in [-0.2, 0) is 0 Å². The van der Waals surface area contributed by atoms with Crippen molar-refractivity contribution in [1.29, 1.82) is 0 Å². The lowest BCUT2D eigenvalue weighted by molar-refractivity contribution is 1.31. The average Bonchev–Trinajstić information content (AvgIpc) is 3.64. The predicted octanol–water partition coefficient (Wildman–Crippen LogP) is 12.7. The minimum atomic E-state index is 1.15. The van der Waals surface area contributed by atoms with Crippen LogP contribution in [0.15, 0.2) is 152 Å². The van der Waals surface area contributed by atoms with Gasteiger partial charge >= 0.3 is 0 Å². The van der Waals surface area contributed by atoms with Crippen molar-refractivity contribution in [3.05, 3.63) is 152 Å². The maximum Gasteiger partial charge on any atom is 0.0554 e. The molecule has 0 aliphatic rings. The Labute approximate surface area is 257 Å². The van der Waals surface area contributed by atoms with Crippen molar-refractivity contribution in [2.24, 2.45) is 0 Å². The Kier molecular flexibility index (Phi) is 5.62. The summed E-state index contributed by atoms with van der Waals surface area (Å²) in [6, 6.07) is 55.4. The van der Waals surface area contributed by atoms with Crippen LogP contribution in [0.2, 0.25) is 0 Å². The Hall–Kier alpha value is -4.96. The fraction of sp³-hybridized carbons (Fsp3) is 0. The van der Waals surface area contributed by atoms with Crippen LogP contribution in [0.4, 0.5) is 17.1 Å². The molecule has 0 atom stereocenters. The fourth-order valence-corrected chi connectivity index (χ4v) is 8.86. The second-order valence-electron chi connectivity index (χ2n) is 10.9. The Morgan fingerprint density at radius 1 is 0.395 bits per heavy atom. The highest BCUT2D eigenvalue weighted by Gasteiger charge is 2.20. The van der Waals surface area contributed by atoms with Crippen LogP contribution < -0.4 is 4.90 Å². The smallest absolute Gasteiger partial charge is 0.0554 e. The van der Waals surface area contributed by atoms with E-state index < -0.39 is 0 Å². The molecule has 0 saturated carbocycles. The molecule has 0 fully saturated rings. The fourth-order valence-electron chi connectivity index (χ4n) is 6.46. The minimum absolute atomic E-state index is 1.15. The summed E-state index contributed by atoms with van der Waals surface area (Å²) >= 11 is 3.76. The molecule has 9 aromatic rings. The highest BCUT2D eigenvalue weighted by atomic mass is 32.1. The zero-order chi connectivity index (χ0) is 28.3. The number of benzene rings is 7. The molecule has 0 unspecified atom stereocenters. The highest BCUT2D eigenvalue weighted by molar-refractivity contribution is 7.27. The zero-order valence-corrected chi connectivity index (χ0v) is 24.8. The second-order valence-corrected chi connectivity index (χ2v) is 13.1. The molecule has 0 amide bonds. The highest BCUT2D eigenvalue weighted by Crippen LogP contribution is 2.47. The van der Waals surface area contributed by atoms with Crippen molar-refractivity contribution < 1.29 is 0 Å². The summed E-state index contributed by atoms with van der Waals surface area (Å²) in [6.45, 7) is 0. The van der Waals surface area contributed by atoms with Crippen molar-refractivity contribution in [3.8, 4) is 11.1 Å². The van der Waals surface area contributed by atoms with E-state index in [0.29, 0.717) is 0 Å². The zero-order valence-electron chi connectivity index (χ0n) is 23.2. The van der Waals surface area contributed by atoms with Gasteiger partial charge in [0.25, 0.3) is 0 Å². The lowest BCUT2D eigenvalue weighted by Gasteiger charge is -2.27. The molecule has 0 N–H and O–H groups in total. The first-order valence-corrected chi connectivity index (χ1v) is 16.1. The van der Waals surface area contributed by atoms with E-state index >= 15 is 0 Å². The van der Waals surface area contributed by atoms with Crippen LogP contribution in [0.3, 0.4) is 0 Å². The third-order valence-electron chi connectivity index (χ3n) is 8.44. The van der Waals surface area contributed by atoms with E-state index in [1.165, 1.54) is 67.9 Å². The lowest BCUT2D eigenvalue weighted by atomic mass is 10.0. The summed E-state index contributed by atoms with van der Waals surface area (Å²) in [5.74, 6) is 0. The Morgan fingerprint density at radius 2 is 1.05 bits per heavy atom. The second kappa shape index (κ2) is 9.81. The maximum absolute atomic E-state index is 2.46. The number of nitrogens with zero attached hydrogens (tertiary/aromatic N) is 1. The summed E-state index contributed by atoms with van der Waals surface area (Å²) < 4.78 is 5.28. The number of hydrogen-bond acceptors (Lipinski definition) is 3. The summed E-state index contributed by atoms with van der Waals surface area (Å²) in [6.07, 6.45) is 0. The van der Waals surface area contributed by atoms with E-state index in [9.17, 15) is 0 Å². The van der Waals surface area contributed by atoms with Crippen LogP contribution in [0.1, 0.15) is 0 Å². The van der Waals surface area contributed by atoms with Gasteiger partial charge in [-0.3, -0.25) is 0 Å². The lowest BCUT2D eigenvalue weighted by Crippen LogP contribution is -2.10. The van der Waals surface area contributed by atoms with Crippen molar-refractivity contribution in [2.75, 3.05) is 4.90 Å². The third-order valence-corrected chi connectivity index (χ3v) is 10.8. The van der Waals surface area contributed by atoms with E-state index in [4.69, 9.17) is 0 Å². The Bertz CT molecular complexity index is 2470. The number of thiophene rings is 2. The van der Waals surface area contributed by atoms with Crippen molar-refractivity contribution >= 4 is 90.9 Å². The first-order chi connectivity index (χ1) is 21.3. The van der Waals surface area contributed by atoms with Crippen molar-refractivity contribution in [2.45, 2.75) is 0 Å². The van der Waals surface area contributed by atoms with Gasteiger partial charge in [0.15, 0.2) is 0 Å². The molecule has 0 bridgehead atoms. The molecule has 0 aliphatic heterocycles. The van der Waals surface area contributed by atoms with Crippen LogP contribution in [0.5, 0.6) is 0 Å². The van der Waals surface area contributed by atoms with Gasteiger partial charge in [0, 0.05) is 57.1 Å². The maximum atomic E-state index is 2.46. The van der Waals surface area contributed by atoms with E-state index in [1.54, 1.807) is 0 Å². The van der Waals surface area contributed by atoms with Gasteiger partial charge in [-0.05, 0) is 59.0 Å². The van der Waals surface area contributed by atoms with Crippen LogP contribution in [0.25, 0.3) is 62.2 Å². The average molecular weight is 584 g/mol. The molecule has 1 nitrogen and oxygen atoms in total. The van der Waals surface area contributed by atoms with Gasteiger partial charge in [0.2, 0.25) is 0 Å². The van der Waals surface area contributed by atoms with E-state index in [1.807, 2.05) is 22.7 Å². The van der Waals surface area contributed by atoms with Gasteiger partial charge < -0.3 is 4.90 Å². The van der Waals surface area contributed by atoms with Gasteiger partial charge in [0.05, 0.1) is 5.69 Å². The quantitative estimate of drug-likeness (QED) is 0.199. The molecule has 2 heterocycles. The Morgan fingerprint density at radius 3 is 1.91 bits per heavy atom. The van der Waals surface area contributed by atoms with Gasteiger partial charge in [-0.15, -0.1) is 22.7 Å². The van der Waals surface area contributed by atoms with Gasteiger partial charge in [-0.25, -0.2) is 0 Å². The molecule has 0 saturated heterocycles. The number of hydrogen-bond donors (Lipinski definition) is 0. The normalized spacial score (nSPS) is 11.7. The largest absolute Gasteiger partial charge is 0.310 e. The molecule has 3 heteroatoms. The predicted molar refractivity (Wildman–Crippen MR) is 190 cm³/mol. The molecule has 2 aromatic heterocycles.